The van der Waals surface area contributed by atoms with Gasteiger partial charge in [0.2, 0.25) is 6.41 Å². The second-order valence-electron chi connectivity index (χ2n) is 29.6. The van der Waals surface area contributed by atoms with Gasteiger partial charge in [-0.15, -0.1) is 0 Å². The number of aromatic nitrogens is 10. The number of allylic oxidation sites excluding steroid dienone is 4. The van der Waals surface area contributed by atoms with Crippen LogP contribution in [0.5, 0.6) is 0 Å². The normalized spacial score (nSPS) is 25.0. The molecule has 24 heteroatoms. The predicted octanol–water partition coefficient (Wildman–Crippen LogP) is 12.4. The number of carboxylic acid groups (broad SMARTS) is 1. The summed E-state index contributed by atoms with van der Waals surface area (Å²) in [6.07, 6.45) is 32.9. The van der Waals surface area contributed by atoms with Crippen LogP contribution >= 0.6 is 23.5 Å². The fourth-order valence-electron chi connectivity index (χ4n) is 17.1. The molecule has 8 N–H and O–H groups in total. The number of nitrogens with zero attached hydrogens (tertiary/aromatic N) is 15. The van der Waals surface area contributed by atoms with E-state index in [4.69, 9.17) is 42.1 Å². The molecule has 7 aromatic heterocycles. The third-order valence-corrected chi connectivity index (χ3v) is 25.8. The van der Waals surface area contributed by atoms with Crippen molar-refractivity contribution in [3.63, 3.8) is 0 Å². The number of benzene rings is 4. The first kappa shape index (κ1) is 68.3. The third-order valence-electron chi connectivity index (χ3n) is 23.2. The summed E-state index contributed by atoms with van der Waals surface area (Å²) in [5.74, 6) is 4.61. The van der Waals surface area contributed by atoms with Crippen molar-refractivity contribution in [2.24, 2.45) is 15.9 Å². The van der Waals surface area contributed by atoms with E-state index in [9.17, 15) is 14.7 Å². The number of nitrogens with two attached hydrogens (primary N) is 3. The number of anilines is 3. The SMILES string of the molecule is CN1CCN(C2CC(c3nc(C4=CC5N=C(c6ccccc6)SC5C=C4)c4c(N)nccn34)C2)CC1.Nc1nccn2c(C3CC(N4CCN(C=O)CC4)C3)nc(C3=CC4N=C(c5ccccc5)SC4C=C3)c12.Nc1nccn2c(C3CCC(C(=O)O)CC3)nc(-c3cc4cccc(-c5ccccc5)c4[nH]3)c12. The van der Waals surface area contributed by atoms with Gasteiger partial charge < -0.3 is 37.1 Å². The summed E-state index contributed by atoms with van der Waals surface area (Å²) in [5.41, 5.74) is 33.1. The van der Waals surface area contributed by atoms with Gasteiger partial charge in [-0.1, -0.05) is 157 Å². The number of imidazole rings is 3. The van der Waals surface area contributed by atoms with Gasteiger partial charge in [0.1, 0.15) is 57.2 Å². The lowest BCUT2D eigenvalue weighted by Gasteiger charge is -2.45. The number of aliphatic carboxylic acids is 1. The molecule has 2 saturated heterocycles. The Bertz CT molecular complexity index is 5380. The number of nitrogen functional groups attached to an aromatic ring is 3. The molecule has 0 radical (unpaired) electrons. The van der Waals surface area contributed by atoms with E-state index in [2.05, 4.69) is 172 Å². The van der Waals surface area contributed by atoms with Crippen LogP contribution in [0.1, 0.15) is 109 Å². The molecular formula is C83H85N19O3S2. The molecule has 1 amide bonds. The van der Waals surface area contributed by atoms with E-state index in [1.165, 1.54) is 24.2 Å². The topological polar surface area (TPSA) is 276 Å². The van der Waals surface area contributed by atoms with Crippen molar-refractivity contribution in [2.75, 3.05) is 76.6 Å². The molecule has 11 heterocycles. The molecule has 0 bridgehead atoms. The first-order chi connectivity index (χ1) is 52.4. The van der Waals surface area contributed by atoms with E-state index >= 15 is 0 Å². The number of nitrogens with one attached hydrogen (secondary N) is 1. The molecule has 4 atom stereocenters. The molecule has 5 aliphatic carbocycles. The zero-order valence-electron chi connectivity index (χ0n) is 59.6. The Morgan fingerprint density at radius 3 is 1.46 bits per heavy atom. The van der Waals surface area contributed by atoms with Crippen molar-refractivity contribution in [1.29, 1.82) is 0 Å². The first-order valence-corrected chi connectivity index (χ1v) is 39.2. The largest absolute Gasteiger partial charge is 0.481 e. The number of hydrogen-bond acceptors (Lipinski definition) is 18. The Morgan fingerprint density at radius 2 is 0.981 bits per heavy atom. The van der Waals surface area contributed by atoms with Gasteiger partial charge in [0.25, 0.3) is 0 Å². The number of carbonyl (C=O) groups excluding carboxylic acids is 1. The van der Waals surface area contributed by atoms with Crippen LogP contribution in [0, 0.1) is 5.92 Å². The maximum atomic E-state index is 11.4. The van der Waals surface area contributed by atoms with Crippen LogP contribution in [-0.2, 0) is 9.59 Å². The number of rotatable bonds is 13. The van der Waals surface area contributed by atoms with Crippen LogP contribution in [0.15, 0.2) is 199 Å². The van der Waals surface area contributed by atoms with Crippen molar-refractivity contribution < 1.29 is 14.7 Å². The third kappa shape index (κ3) is 13.2. The molecule has 542 valence electrons. The minimum atomic E-state index is -0.701. The highest BCUT2D eigenvalue weighted by molar-refractivity contribution is 8.15. The number of H-pyrrole nitrogens is 1. The number of carbonyl (C=O) groups is 2. The molecule has 20 rings (SSSR count). The summed E-state index contributed by atoms with van der Waals surface area (Å²) in [4.78, 5) is 74.2. The van der Waals surface area contributed by atoms with E-state index in [0.29, 0.717) is 64.7 Å². The van der Waals surface area contributed by atoms with Gasteiger partial charge in [0.05, 0.1) is 61.2 Å². The molecule has 4 unspecified atom stereocenters. The molecule has 0 spiro atoms. The lowest BCUT2D eigenvalue weighted by molar-refractivity contribution is -0.142. The lowest BCUT2D eigenvalue weighted by atomic mass is 9.78. The number of piperazine rings is 2. The number of hydrogen-bond donors (Lipinski definition) is 5. The van der Waals surface area contributed by atoms with Crippen molar-refractivity contribution in [2.45, 2.75) is 104 Å². The van der Waals surface area contributed by atoms with E-state index in [-0.39, 0.29) is 23.9 Å². The first-order valence-electron chi connectivity index (χ1n) is 37.5. The molecular weight excluding hydrogens is 1380 g/mol. The smallest absolute Gasteiger partial charge is 0.306 e. The highest BCUT2D eigenvalue weighted by Gasteiger charge is 2.42. The molecule has 22 nitrogen and oxygen atoms in total. The van der Waals surface area contributed by atoms with Crippen LogP contribution < -0.4 is 17.2 Å². The molecule has 5 fully saturated rings. The number of aromatic amines is 1. The maximum Gasteiger partial charge on any atom is 0.306 e. The van der Waals surface area contributed by atoms with Crippen molar-refractivity contribution in [3.05, 3.63) is 229 Å². The zero-order chi connectivity index (χ0) is 72.4. The number of thioether (sulfide) groups is 2. The standard InChI is InChI=1S/C28H29N7OS.C28H31N7S.C27H25N5O2/c29-26-25-24(19-6-7-23-22(16-19)31-28(37-23)18-4-2-1-3-5-18)32-27(35(25)9-8-30-26)20-14-21(15-20)34-12-10-33(17-36)11-13-34;1-33-11-13-34(14-12-33)21-15-20(16-21)27-32-24(25-26(29)30-9-10-35(25)27)19-7-8-23-22(17-19)31-28(36-23)18-5-3-2-4-6-18;28-25-24-23(21-15-19-7-4-8-20(22(19)30-21)16-5-2-1-3-6-16)31-26(32(24)14-13-29-25)17-9-11-18(12-10-17)27(33)34/h1-9,16-17,20-23H,10-15H2,(H2,29,30);2-10,17,20-23H,11-16H2,1H3,(H2,29,30);1-8,13-15,17-18,30H,9-12H2,(H2,28,29)(H,33,34). The summed E-state index contributed by atoms with van der Waals surface area (Å²) in [7, 11) is 2.21. The zero-order valence-corrected chi connectivity index (χ0v) is 61.2. The van der Waals surface area contributed by atoms with E-state index in [1.807, 2.05) is 81.7 Å². The Morgan fingerprint density at radius 1 is 0.533 bits per heavy atom. The predicted molar refractivity (Wildman–Crippen MR) is 428 cm³/mol. The van der Waals surface area contributed by atoms with Gasteiger partial charge in [-0.25, -0.2) is 29.9 Å². The molecule has 9 aliphatic rings. The summed E-state index contributed by atoms with van der Waals surface area (Å²) < 4.78 is 6.37. The monoisotopic (exact) mass is 1460 g/mol. The van der Waals surface area contributed by atoms with Crippen molar-refractivity contribution in [3.8, 4) is 22.5 Å². The van der Waals surface area contributed by atoms with Crippen molar-refractivity contribution >= 4 is 102 Å². The average Bonchev–Trinajstić information content (AvgIpc) is 1.56. The number of likely N-dealkylation sites (N-methyl/N-ethyl adjacent to an activating group) is 1. The van der Waals surface area contributed by atoms with Gasteiger partial charge in [-0.3, -0.25) is 42.6 Å². The van der Waals surface area contributed by atoms with Gasteiger partial charge in [0.15, 0.2) is 0 Å². The number of para-hydroxylation sites is 1. The quantitative estimate of drug-likeness (QED) is 0.0671. The minimum absolute atomic E-state index is 0.0800. The van der Waals surface area contributed by atoms with E-state index < -0.39 is 5.97 Å². The molecule has 4 aromatic carbocycles. The summed E-state index contributed by atoms with van der Waals surface area (Å²) >= 11 is 3.66. The van der Waals surface area contributed by atoms with Crippen LogP contribution in [-0.4, -0.2) is 189 Å². The summed E-state index contributed by atoms with van der Waals surface area (Å²) in [6.45, 7) is 8.20. The van der Waals surface area contributed by atoms with E-state index in [1.54, 1.807) is 18.6 Å². The van der Waals surface area contributed by atoms with Crippen molar-refractivity contribution in [1.82, 2.24) is 67.7 Å². The molecule has 3 saturated carbocycles. The second-order valence-corrected chi connectivity index (χ2v) is 32.0. The lowest BCUT2D eigenvalue weighted by Crippen LogP contribution is -2.53. The summed E-state index contributed by atoms with van der Waals surface area (Å²) in [5, 5.41) is 13.3. The van der Waals surface area contributed by atoms with E-state index in [0.717, 1.165) is 184 Å². The Labute approximate surface area is 628 Å². The number of aliphatic imine (C=N–C) groups is 2. The van der Waals surface area contributed by atoms with Gasteiger partial charge >= 0.3 is 5.97 Å². The van der Waals surface area contributed by atoms with Crippen LogP contribution in [0.4, 0.5) is 17.5 Å². The number of carboxylic acids is 1. The summed E-state index contributed by atoms with van der Waals surface area (Å²) in [6, 6.07) is 40.9. The van der Waals surface area contributed by atoms with Crippen LogP contribution in [0.25, 0.3) is 61.1 Å². The highest BCUT2D eigenvalue weighted by Crippen LogP contribution is 2.47. The average molecular weight is 1460 g/mol. The fraction of sp³-hybridized carbons (Fsp3) is 0.325. The van der Waals surface area contributed by atoms with Gasteiger partial charge in [0, 0.05) is 153 Å². The van der Waals surface area contributed by atoms with Crippen LogP contribution in [0.2, 0.25) is 0 Å². The fourth-order valence-corrected chi connectivity index (χ4v) is 19.4. The Balaban J connectivity index is 0.000000114. The van der Waals surface area contributed by atoms with Crippen LogP contribution in [0.3, 0.4) is 0 Å². The Hall–Kier alpha value is -10.5. The number of fused-ring (bicyclic) bond motifs is 6. The van der Waals surface area contributed by atoms with Gasteiger partial charge in [-0.05, 0) is 82.2 Å². The molecule has 4 aliphatic heterocycles. The molecule has 107 heavy (non-hydrogen) atoms. The number of amides is 1. The molecule has 11 aromatic rings. The second kappa shape index (κ2) is 29.0. The minimum Gasteiger partial charge on any atom is -0.481 e. The maximum absolute atomic E-state index is 11.4. The highest BCUT2D eigenvalue weighted by atomic mass is 32.2. The Kier molecular flexibility index (Phi) is 18.5. The van der Waals surface area contributed by atoms with Gasteiger partial charge in [-0.2, -0.15) is 0 Å².